The summed E-state index contributed by atoms with van der Waals surface area (Å²) in [4.78, 5) is 17.7. The topological polar surface area (TPSA) is 76.1 Å². The molecule has 1 aromatic heterocycles. The summed E-state index contributed by atoms with van der Waals surface area (Å²) in [6.07, 6.45) is 0. The van der Waals surface area contributed by atoms with Crippen molar-refractivity contribution in [2.24, 2.45) is 0 Å². The van der Waals surface area contributed by atoms with Crippen LogP contribution < -0.4 is 5.32 Å². The SMILES string of the molecule is Cc1csc(Sc2ccc(NC(=O)CS(=O)(=O)c3ccc(Cl)cc3)c(C)c2)n1. The number of amides is 1. The Balaban J connectivity index is 1.67. The van der Waals surface area contributed by atoms with Crippen molar-refractivity contribution in [2.45, 2.75) is 28.0 Å². The van der Waals surface area contributed by atoms with Gasteiger partial charge in [-0.15, -0.1) is 11.3 Å². The van der Waals surface area contributed by atoms with Gasteiger partial charge in [-0.2, -0.15) is 0 Å². The molecule has 2 aromatic carbocycles. The van der Waals surface area contributed by atoms with E-state index in [0.717, 1.165) is 20.5 Å². The summed E-state index contributed by atoms with van der Waals surface area (Å²) in [7, 11) is -3.74. The number of nitrogens with zero attached hydrogens (tertiary/aromatic N) is 1. The number of thiazole rings is 1. The maximum atomic E-state index is 12.4. The number of aryl methyl sites for hydroxylation is 2. The molecule has 0 aliphatic heterocycles. The third kappa shape index (κ3) is 5.35. The third-order valence-corrected chi connectivity index (χ3v) is 7.70. The average molecular weight is 453 g/mol. The molecule has 0 saturated heterocycles. The number of nitrogens with one attached hydrogen (secondary N) is 1. The zero-order valence-electron chi connectivity index (χ0n) is 15.1. The Hall–Kier alpha value is -1.87. The standard InChI is InChI=1S/C19H17ClN2O3S3/c1-12-9-15(27-19-21-13(2)10-26-19)5-8-17(12)22-18(23)11-28(24,25)16-6-3-14(20)4-7-16/h3-10H,11H2,1-2H3,(H,22,23). The van der Waals surface area contributed by atoms with Crippen molar-refractivity contribution in [3.8, 4) is 0 Å². The van der Waals surface area contributed by atoms with Crippen molar-refractivity contribution in [3.05, 3.63) is 64.1 Å². The van der Waals surface area contributed by atoms with Crippen LogP contribution in [-0.2, 0) is 14.6 Å². The number of halogens is 1. The molecule has 0 aliphatic rings. The lowest BCUT2D eigenvalue weighted by atomic mass is 10.2. The van der Waals surface area contributed by atoms with Crippen LogP contribution in [-0.4, -0.2) is 25.1 Å². The first-order valence-electron chi connectivity index (χ1n) is 8.22. The molecule has 5 nitrogen and oxygen atoms in total. The van der Waals surface area contributed by atoms with Crippen LogP contribution in [0.5, 0.6) is 0 Å². The molecule has 0 saturated carbocycles. The van der Waals surface area contributed by atoms with Gasteiger partial charge in [0.05, 0.1) is 4.90 Å². The average Bonchev–Trinajstić information content (AvgIpc) is 3.02. The molecule has 146 valence electrons. The van der Waals surface area contributed by atoms with Crippen LogP contribution in [0.3, 0.4) is 0 Å². The second kappa shape index (κ2) is 8.65. The lowest BCUT2D eigenvalue weighted by Gasteiger charge is -2.10. The van der Waals surface area contributed by atoms with Gasteiger partial charge in [0.15, 0.2) is 14.2 Å². The second-order valence-electron chi connectivity index (χ2n) is 6.09. The Bertz CT molecular complexity index is 1110. The summed E-state index contributed by atoms with van der Waals surface area (Å²) in [5.74, 6) is -1.22. The van der Waals surface area contributed by atoms with Crippen molar-refractivity contribution in [2.75, 3.05) is 11.1 Å². The summed E-state index contributed by atoms with van der Waals surface area (Å²) in [5.41, 5.74) is 2.40. The minimum absolute atomic E-state index is 0.0641. The fraction of sp³-hybridized carbons (Fsp3) is 0.158. The first-order valence-corrected chi connectivity index (χ1v) is 11.9. The largest absolute Gasteiger partial charge is 0.325 e. The summed E-state index contributed by atoms with van der Waals surface area (Å²) >= 11 is 8.90. The molecule has 1 heterocycles. The van der Waals surface area contributed by atoms with Crippen LogP contribution in [0.4, 0.5) is 5.69 Å². The van der Waals surface area contributed by atoms with Crippen molar-refractivity contribution < 1.29 is 13.2 Å². The van der Waals surface area contributed by atoms with Gasteiger partial charge in [0.25, 0.3) is 0 Å². The number of hydrogen-bond acceptors (Lipinski definition) is 6. The number of carbonyl (C=O) groups is 1. The van der Waals surface area contributed by atoms with E-state index >= 15 is 0 Å². The van der Waals surface area contributed by atoms with E-state index in [1.807, 2.05) is 31.4 Å². The van der Waals surface area contributed by atoms with Crippen LogP contribution in [0.1, 0.15) is 11.3 Å². The van der Waals surface area contributed by atoms with Crippen LogP contribution in [0.25, 0.3) is 0 Å². The number of sulfone groups is 1. The summed E-state index contributed by atoms with van der Waals surface area (Å²) in [6, 6.07) is 11.3. The van der Waals surface area contributed by atoms with Gasteiger partial charge in [0.1, 0.15) is 5.75 Å². The van der Waals surface area contributed by atoms with E-state index in [1.165, 1.54) is 24.3 Å². The Morgan fingerprint density at radius 1 is 1.18 bits per heavy atom. The molecule has 3 rings (SSSR count). The maximum absolute atomic E-state index is 12.4. The molecular formula is C19H17ClN2O3S3. The molecule has 0 unspecified atom stereocenters. The fourth-order valence-corrected chi connectivity index (χ4v) is 5.57. The zero-order valence-corrected chi connectivity index (χ0v) is 18.3. The van der Waals surface area contributed by atoms with Gasteiger partial charge in [-0.1, -0.05) is 23.4 Å². The van der Waals surface area contributed by atoms with Gasteiger partial charge in [0, 0.05) is 26.7 Å². The lowest BCUT2D eigenvalue weighted by molar-refractivity contribution is -0.113. The van der Waals surface area contributed by atoms with Crippen LogP contribution in [0.15, 0.2) is 62.0 Å². The van der Waals surface area contributed by atoms with E-state index in [1.54, 1.807) is 29.2 Å². The summed E-state index contributed by atoms with van der Waals surface area (Å²) < 4.78 is 25.7. The molecule has 0 bridgehead atoms. The molecule has 0 aliphatic carbocycles. The van der Waals surface area contributed by atoms with E-state index < -0.39 is 21.5 Å². The van der Waals surface area contributed by atoms with Crippen LogP contribution in [0, 0.1) is 13.8 Å². The number of anilines is 1. The van der Waals surface area contributed by atoms with Crippen molar-refractivity contribution in [3.63, 3.8) is 0 Å². The highest BCUT2D eigenvalue weighted by atomic mass is 35.5. The first kappa shape index (κ1) is 20.9. The third-order valence-electron chi connectivity index (χ3n) is 3.77. The predicted molar refractivity (Wildman–Crippen MR) is 114 cm³/mol. The molecule has 0 radical (unpaired) electrons. The van der Waals surface area contributed by atoms with E-state index in [2.05, 4.69) is 10.3 Å². The Kier molecular flexibility index (Phi) is 6.44. The van der Waals surface area contributed by atoms with Gasteiger partial charge >= 0.3 is 0 Å². The summed E-state index contributed by atoms with van der Waals surface area (Å²) in [5, 5.41) is 5.10. The van der Waals surface area contributed by atoms with E-state index in [0.29, 0.717) is 10.7 Å². The van der Waals surface area contributed by atoms with Crippen LogP contribution >= 0.6 is 34.7 Å². The quantitative estimate of drug-likeness (QED) is 0.571. The monoisotopic (exact) mass is 452 g/mol. The molecule has 0 fully saturated rings. The van der Waals surface area contributed by atoms with Gasteiger partial charge in [-0.3, -0.25) is 4.79 Å². The van der Waals surface area contributed by atoms with E-state index in [-0.39, 0.29) is 4.90 Å². The smallest absolute Gasteiger partial charge is 0.239 e. The Morgan fingerprint density at radius 3 is 2.50 bits per heavy atom. The number of benzene rings is 2. The van der Waals surface area contributed by atoms with Crippen molar-refractivity contribution >= 4 is 56.1 Å². The van der Waals surface area contributed by atoms with Gasteiger partial charge < -0.3 is 5.32 Å². The number of hydrogen-bond donors (Lipinski definition) is 1. The van der Waals surface area contributed by atoms with Crippen LogP contribution in [0.2, 0.25) is 5.02 Å². The zero-order chi connectivity index (χ0) is 20.3. The highest BCUT2D eigenvalue weighted by molar-refractivity contribution is 8.01. The number of carbonyl (C=O) groups excluding carboxylic acids is 1. The summed E-state index contributed by atoms with van der Waals surface area (Å²) in [6.45, 7) is 3.81. The molecular weight excluding hydrogens is 436 g/mol. The van der Waals surface area contributed by atoms with Gasteiger partial charge in [-0.25, -0.2) is 13.4 Å². The predicted octanol–water partition coefficient (Wildman–Crippen LogP) is 4.98. The fourth-order valence-electron chi connectivity index (χ4n) is 2.40. The van der Waals surface area contributed by atoms with E-state index in [4.69, 9.17) is 11.6 Å². The highest BCUT2D eigenvalue weighted by Crippen LogP contribution is 2.32. The molecule has 0 spiro atoms. The molecule has 28 heavy (non-hydrogen) atoms. The molecule has 1 N–H and O–H groups in total. The minimum atomic E-state index is -3.74. The second-order valence-corrected chi connectivity index (χ2v) is 10.7. The highest BCUT2D eigenvalue weighted by Gasteiger charge is 2.20. The Morgan fingerprint density at radius 2 is 1.89 bits per heavy atom. The van der Waals surface area contributed by atoms with Crippen molar-refractivity contribution in [1.82, 2.24) is 4.98 Å². The number of rotatable bonds is 6. The molecule has 0 atom stereocenters. The van der Waals surface area contributed by atoms with Gasteiger partial charge in [-0.05, 0) is 61.9 Å². The van der Waals surface area contributed by atoms with Gasteiger partial charge in [0.2, 0.25) is 5.91 Å². The lowest BCUT2D eigenvalue weighted by Crippen LogP contribution is -2.23. The first-order chi connectivity index (χ1) is 13.2. The Labute approximate surface area is 177 Å². The molecule has 9 heteroatoms. The minimum Gasteiger partial charge on any atom is -0.325 e. The normalized spacial score (nSPS) is 11.4. The maximum Gasteiger partial charge on any atom is 0.239 e. The number of aromatic nitrogens is 1. The molecule has 1 amide bonds. The van der Waals surface area contributed by atoms with E-state index in [9.17, 15) is 13.2 Å². The molecule has 3 aromatic rings. The van der Waals surface area contributed by atoms with Crippen molar-refractivity contribution in [1.29, 1.82) is 0 Å².